The number of nitrogens with zero attached hydrogens (tertiary/aromatic N) is 1. The summed E-state index contributed by atoms with van der Waals surface area (Å²) in [7, 11) is 0. The average Bonchev–Trinajstić information content (AvgIpc) is 2.89. The van der Waals surface area contributed by atoms with Gasteiger partial charge in [0.1, 0.15) is 6.04 Å². The maximum absolute atomic E-state index is 12.7. The number of hydrogen-bond acceptors (Lipinski definition) is 4. The van der Waals surface area contributed by atoms with Crippen molar-refractivity contribution in [3.05, 3.63) is 34.9 Å². The van der Waals surface area contributed by atoms with Crippen molar-refractivity contribution in [3.63, 3.8) is 0 Å². The maximum atomic E-state index is 12.7. The summed E-state index contributed by atoms with van der Waals surface area (Å²) in [6.45, 7) is 1.15. The Bertz CT molecular complexity index is 678. The molecule has 25 heavy (non-hydrogen) atoms. The van der Waals surface area contributed by atoms with Gasteiger partial charge in [-0.05, 0) is 49.4 Å². The van der Waals surface area contributed by atoms with Crippen LogP contribution in [0.3, 0.4) is 0 Å². The number of carbonyl (C=O) groups is 3. The molecular formula is C18H24ClN3O3. The predicted octanol–water partition coefficient (Wildman–Crippen LogP) is 1.54. The fourth-order valence-electron chi connectivity index (χ4n) is 3.52. The molecule has 0 bridgehead atoms. The molecule has 0 aromatic heterocycles. The van der Waals surface area contributed by atoms with Crippen LogP contribution in [0.25, 0.3) is 0 Å². The van der Waals surface area contributed by atoms with Gasteiger partial charge in [0.05, 0.1) is 0 Å². The SMILES string of the molecule is Cl.NCCCCCc1cccc2c1CN(C1CCC(=O)NC1=O)C2=O. The van der Waals surface area contributed by atoms with E-state index >= 15 is 0 Å². The lowest BCUT2D eigenvalue weighted by Gasteiger charge is -2.29. The number of piperidine rings is 1. The number of amides is 3. The van der Waals surface area contributed by atoms with Crippen LogP contribution < -0.4 is 11.1 Å². The van der Waals surface area contributed by atoms with Gasteiger partial charge in [-0.2, -0.15) is 0 Å². The summed E-state index contributed by atoms with van der Waals surface area (Å²) in [5.41, 5.74) is 8.42. The number of halogens is 1. The summed E-state index contributed by atoms with van der Waals surface area (Å²) in [6, 6.07) is 5.24. The number of aryl methyl sites for hydroxylation is 1. The Hall–Kier alpha value is -1.92. The number of imide groups is 1. The van der Waals surface area contributed by atoms with Gasteiger partial charge in [-0.25, -0.2) is 0 Å². The van der Waals surface area contributed by atoms with Crippen LogP contribution in [0.2, 0.25) is 0 Å². The number of nitrogens with two attached hydrogens (primary N) is 1. The highest BCUT2D eigenvalue weighted by molar-refractivity contribution is 6.05. The molecule has 2 heterocycles. The second-order valence-corrected chi connectivity index (χ2v) is 6.44. The molecule has 0 spiro atoms. The molecule has 2 aliphatic rings. The van der Waals surface area contributed by atoms with Gasteiger partial charge in [-0.15, -0.1) is 12.4 Å². The van der Waals surface area contributed by atoms with Crippen molar-refractivity contribution >= 4 is 30.1 Å². The van der Waals surface area contributed by atoms with Crippen LogP contribution in [0.15, 0.2) is 18.2 Å². The summed E-state index contributed by atoms with van der Waals surface area (Å²) in [5.74, 6) is -0.735. The number of hydrogen-bond donors (Lipinski definition) is 2. The van der Waals surface area contributed by atoms with Gasteiger partial charge in [0, 0.05) is 18.5 Å². The first kappa shape index (κ1) is 19.4. The largest absolute Gasteiger partial charge is 0.330 e. The van der Waals surface area contributed by atoms with E-state index in [1.165, 1.54) is 5.56 Å². The lowest BCUT2D eigenvalue weighted by atomic mass is 9.98. The molecule has 0 saturated carbocycles. The van der Waals surface area contributed by atoms with Crippen LogP contribution >= 0.6 is 12.4 Å². The fraction of sp³-hybridized carbons (Fsp3) is 0.500. The second kappa shape index (κ2) is 8.45. The van der Waals surface area contributed by atoms with E-state index in [2.05, 4.69) is 11.4 Å². The van der Waals surface area contributed by atoms with E-state index in [0.29, 0.717) is 25.1 Å². The van der Waals surface area contributed by atoms with E-state index in [9.17, 15) is 14.4 Å². The van der Waals surface area contributed by atoms with E-state index < -0.39 is 6.04 Å². The molecule has 2 aliphatic heterocycles. The van der Waals surface area contributed by atoms with Crippen LogP contribution in [0.5, 0.6) is 0 Å². The minimum Gasteiger partial charge on any atom is -0.330 e. The zero-order valence-electron chi connectivity index (χ0n) is 14.1. The summed E-state index contributed by atoms with van der Waals surface area (Å²) in [5, 5.41) is 2.33. The molecule has 0 radical (unpaired) electrons. The molecule has 136 valence electrons. The summed E-state index contributed by atoms with van der Waals surface area (Å²) in [6.07, 6.45) is 4.72. The van der Waals surface area contributed by atoms with Crippen LogP contribution in [-0.2, 0) is 22.6 Å². The highest BCUT2D eigenvalue weighted by Crippen LogP contribution is 2.30. The number of rotatable bonds is 6. The second-order valence-electron chi connectivity index (χ2n) is 6.44. The number of benzene rings is 1. The molecule has 1 aromatic carbocycles. The van der Waals surface area contributed by atoms with Crippen molar-refractivity contribution in [2.45, 2.75) is 51.1 Å². The Morgan fingerprint density at radius 1 is 1.16 bits per heavy atom. The molecule has 3 amide bonds. The maximum Gasteiger partial charge on any atom is 0.255 e. The molecule has 1 saturated heterocycles. The Morgan fingerprint density at radius 3 is 2.68 bits per heavy atom. The third-order valence-corrected chi connectivity index (χ3v) is 4.83. The van der Waals surface area contributed by atoms with Crippen LogP contribution in [0.1, 0.15) is 53.6 Å². The fourth-order valence-corrected chi connectivity index (χ4v) is 3.52. The van der Waals surface area contributed by atoms with E-state index in [-0.39, 0.29) is 36.5 Å². The number of fused-ring (bicyclic) bond motifs is 1. The van der Waals surface area contributed by atoms with Crippen molar-refractivity contribution in [2.75, 3.05) is 6.54 Å². The van der Waals surface area contributed by atoms with Crippen molar-refractivity contribution in [3.8, 4) is 0 Å². The Labute approximate surface area is 153 Å². The van der Waals surface area contributed by atoms with Crippen molar-refractivity contribution in [2.24, 2.45) is 5.73 Å². The van der Waals surface area contributed by atoms with Gasteiger partial charge in [-0.3, -0.25) is 19.7 Å². The standard InChI is InChI=1S/C18H23N3O3.ClH/c19-10-3-1-2-5-12-6-4-7-13-14(12)11-21(18(13)24)15-8-9-16(22)20-17(15)23;/h4,6-7,15H,1-3,5,8-11,19H2,(H,20,22,23);1H. The van der Waals surface area contributed by atoms with E-state index in [4.69, 9.17) is 5.73 Å². The van der Waals surface area contributed by atoms with Gasteiger partial charge in [0.25, 0.3) is 5.91 Å². The minimum absolute atomic E-state index is 0. The van der Waals surface area contributed by atoms with Gasteiger partial charge in [0.15, 0.2) is 0 Å². The van der Waals surface area contributed by atoms with Gasteiger partial charge < -0.3 is 10.6 Å². The van der Waals surface area contributed by atoms with Crippen LogP contribution in [0.4, 0.5) is 0 Å². The monoisotopic (exact) mass is 365 g/mol. The topological polar surface area (TPSA) is 92.5 Å². The first-order chi connectivity index (χ1) is 11.6. The van der Waals surface area contributed by atoms with Crippen molar-refractivity contribution < 1.29 is 14.4 Å². The first-order valence-corrected chi connectivity index (χ1v) is 8.57. The van der Waals surface area contributed by atoms with Gasteiger partial charge >= 0.3 is 0 Å². The molecule has 1 aromatic rings. The lowest BCUT2D eigenvalue weighted by Crippen LogP contribution is -2.52. The number of unbranched alkanes of at least 4 members (excludes halogenated alkanes) is 2. The zero-order valence-corrected chi connectivity index (χ0v) is 14.9. The predicted molar refractivity (Wildman–Crippen MR) is 96.3 cm³/mol. The lowest BCUT2D eigenvalue weighted by molar-refractivity contribution is -0.136. The summed E-state index contributed by atoms with van der Waals surface area (Å²) < 4.78 is 0. The third kappa shape index (κ3) is 4.02. The Kier molecular flexibility index (Phi) is 6.56. The number of carbonyl (C=O) groups excluding carboxylic acids is 3. The number of nitrogens with one attached hydrogen (secondary N) is 1. The van der Waals surface area contributed by atoms with Crippen LogP contribution in [0, 0.1) is 0 Å². The van der Waals surface area contributed by atoms with Crippen LogP contribution in [-0.4, -0.2) is 35.2 Å². The summed E-state index contributed by atoms with van der Waals surface area (Å²) >= 11 is 0. The highest BCUT2D eigenvalue weighted by atomic mass is 35.5. The molecule has 0 aliphatic carbocycles. The smallest absolute Gasteiger partial charge is 0.255 e. The van der Waals surface area contributed by atoms with E-state index in [1.807, 2.05) is 12.1 Å². The average molecular weight is 366 g/mol. The molecule has 1 unspecified atom stereocenters. The molecular weight excluding hydrogens is 342 g/mol. The minimum atomic E-state index is -0.548. The van der Waals surface area contributed by atoms with Crippen molar-refractivity contribution in [1.29, 1.82) is 0 Å². The molecule has 7 heteroatoms. The molecule has 3 rings (SSSR count). The van der Waals surface area contributed by atoms with Crippen molar-refractivity contribution in [1.82, 2.24) is 10.2 Å². The Balaban J connectivity index is 0.00000225. The quantitative estimate of drug-likeness (QED) is 0.590. The molecule has 6 nitrogen and oxygen atoms in total. The van der Waals surface area contributed by atoms with E-state index in [0.717, 1.165) is 31.2 Å². The zero-order chi connectivity index (χ0) is 17.1. The molecule has 1 fully saturated rings. The molecule has 1 atom stereocenters. The Morgan fingerprint density at radius 2 is 1.96 bits per heavy atom. The first-order valence-electron chi connectivity index (χ1n) is 8.57. The third-order valence-electron chi connectivity index (χ3n) is 4.83. The normalized spacial score (nSPS) is 19.5. The van der Waals surface area contributed by atoms with E-state index in [1.54, 1.807) is 4.90 Å². The van der Waals surface area contributed by atoms with Gasteiger partial charge in [0.2, 0.25) is 11.8 Å². The summed E-state index contributed by atoms with van der Waals surface area (Å²) in [4.78, 5) is 37.7. The molecule has 3 N–H and O–H groups in total. The van der Waals surface area contributed by atoms with Gasteiger partial charge in [-0.1, -0.05) is 18.6 Å². The highest BCUT2D eigenvalue weighted by Gasteiger charge is 2.39.